The second-order valence-corrected chi connectivity index (χ2v) is 1.35. The van der Waals surface area contributed by atoms with Gasteiger partial charge in [-0.05, 0) is 7.05 Å². The van der Waals surface area contributed by atoms with Crippen LogP contribution in [0, 0.1) is 0 Å². The molecule has 1 unspecified atom stereocenters. The number of nitrogens with two attached hydrogens (primary N) is 2. The Morgan fingerprint density at radius 1 is 1.62 bits per heavy atom. The van der Waals surface area contributed by atoms with Crippen molar-refractivity contribution in [3.63, 3.8) is 0 Å². The lowest BCUT2D eigenvalue weighted by molar-refractivity contribution is 0.401. The zero-order valence-electron chi connectivity index (χ0n) is 4.94. The molecular formula is C3H13N5. The van der Waals surface area contributed by atoms with Crippen molar-refractivity contribution in [3.05, 3.63) is 0 Å². The zero-order valence-corrected chi connectivity index (χ0v) is 4.94. The minimum Gasteiger partial charge on any atom is -0.328 e. The van der Waals surface area contributed by atoms with Gasteiger partial charge in [0, 0.05) is 6.54 Å². The van der Waals surface area contributed by atoms with E-state index >= 15 is 0 Å². The standard InChI is InChI=1S/C3H13N5/c1-6-8-3(2-4)7-5/h3,6-8H,2,4-5H2,1H3. The molecule has 0 spiro atoms. The molecule has 0 amide bonds. The molecule has 5 heteroatoms. The van der Waals surface area contributed by atoms with E-state index in [9.17, 15) is 0 Å². The van der Waals surface area contributed by atoms with Gasteiger partial charge in [-0.15, -0.1) is 0 Å². The van der Waals surface area contributed by atoms with E-state index in [4.69, 9.17) is 11.6 Å². The third-order valence-electron chi connectivity index (χ3n) is 0.755. The lowest BCUT2D eigenvalue weighted by atomic mass is 10.5. The van der Waals surface area contributed by atoms with E-state index in [2.05, 4.69) is 16.3 Å². The fraction of sp³-hybridized carbons (Fsp3) is 1.00. The Morgan fingerprint density at radius 2 is 2.25 bits per heavy atom. The lowest BCUT2D eigenvalue weighted by Gasteiger charge is -2.13. The molecule has 8 heavy (non-hydrogen) atoms. The molecule has 0 rings (SSSR count). The van der Waals surface area contributed by atoms with Crippen molar-refractivity contribution in [2.24, 2.45) is 11.6 Å². The average molecular weight is 119 g/mol. The second kappa shape index (κ2) is 4.95. The molecule has 0 aromatic carbocycles. The lowest BCUT2D eigenvalue weighted by Crippen LogP contribution is -2.54. The number of hydrogen-bond donors (Lipinski definition) is 5. The van der Waals surface area contributed by atoms with Crippen molar-refractivity contribution in [1.29, 1.82) is 0 Å². The molecule has 0 aliphatic heterocycles. The number of hydrogen-bond acceptors (Lipinski definition) is 5. The molecule has 0 aliphatic rings. The highest BCUT2D eigenvalue weighted by Crippen LogP contribution is 1.60. The second-order valence-electron chi connectivity index (χ2n) is 1.35. The Bertz CT molecular complexity index is 42.9. The van der Waals surface area contributed by atoms with Gasteiger partial charge in [0.2, 0.25) is 0 Å². The van der Waals surface area contributed by atoms with Crippen LogP contribution in [0.3, 0.4) is 0 Å². The Labute approximate surface area is 48.7 Å². The van der Waals surface area contributed by atoms with E-state index in [1.54, 1.807) is 7.05 Å². The highest BCUT2D eigenvalue weighted by Gasteiger charge is 1.96. The van der Waals surface area contributed by atoms with Crippen molar-refractivity contribution >= 4 is 0 Å². The molecule has 50 valence electrons. The first kappa shape index (κ1) is 7.80. The van der Waals surface area contributed by atoms with Crippen LogP contribution in [0.5, 0.6) is 0 Å². The van der Waals surface area contributed by atoms with Crippen LogP contribution in [0.4, 0.5) is 0 Å². The molecule has 0 aromatic heterocycles. The maximum atomic E-state index is 5.22. The summed E-state index contributed by atoms with van der Waals surface area (Å²) >= 11 is 0. The predicted molar refractivity (Wildman–Crippen MR) is 32.4 cm³/mol. The summed E-state index contributed by atoms with van der Waals surface area (Å²) in [7, 11) is 1.75. The Kier molecular flexibility index (Phi) is 4.82. The highest BCUT2D eigenvalue weighted by atomic mass is 15.5. The first-order valence-electron chi connectivity index (χ1n) is 2.43. The Morgan fingerprint density at radius 3 is 2.38 bits per heavy atom. The summed E-state index contributed by atoms with van der Waals surface area (Å²) in [6, 6.07) is 0. The number of rotatable bonds is 4. The van der Waals surface area contributed by atoms with Gasteiger partial charge >= 0.3 is 0 Å². The first-order chi connectivity index (χ1) is 3.85. The van der Waals surface area contributed by atoms with Crippen LogP contribution in [-0.4, -0.2) is 19.8 Å². The van der Waals surface area contributed by atoms with Gasteiger partial charge in [0.05, 0.1) is 6.17 Å². The normalized spacial score (nSPS) is 13.9. The van der Waals surface area contributed by atoms with Gasteiger partial charge < -0.3 is 5.73 Å². The summed E-state index contributed by atoms with van der Waals surface area (Å²) in [5, 5.41) is 0. The van der Waals surface area contributed by atoms with Gasteiger partial charge in [-0.3, -0.25) is 11.3 Å². The van der Waals surface area contributed by atoms with Crippen molar-refractivity contribution in [1.82, 2.24) is 16.3 Å². The van der Waals surface area contributed by atoms with Gasteiger partial charge in [-0.25, -0.2) is 10.9 Å². The van der Waals surface area contributed by atoms with E-state index in [-0.39, 0.29) is 6.17 Å². The summed E-state index contributed by atoms with van der Waals surface area (Å²) in [4.78, 5) is 0. The topological polar surface area (TPSA) is 88.1 Å². The van der Waals surface area contributed by atoms with Gasteiger partial charge in [-0.1, -0.05) is 0 Å². The molecular weight excluding hydrogens is 106 g/mol. The third kappa shape index (κ3) is 2.89. The molecule has 0 fully saturated rings. The maximum absolute atomic E-state index is 5.22. The van der Waals surface area contributed by atoms with Crippen LogP contribution < -0.4 is 27.9 Å². The quantitative estimate of drug-likeness (QED) is 0.160. The Hall–Kier alpha value is -0.200. The fourth-order valence-electron chi connectivity index (χ4n) is 0.343. The summed E-state index contributed by atoms with van der Waals surface area (Å²) in [5.41, 5.74) is 13.1. The van der Waals surface area contributed by atoms with Crippen LogP contribution >= 0.6 is 0 Å². The largest absolute Gasteiger partial charge is 0.328 e. The van der Waals surface area contributed by atoms with Gasteiger partial charge in [0.1, 0.15) is 0 Å². The van der Waals surface area contributed by atoms with Crippen LogP contribution in [0.1, 0.15) is 0 Å². The molecule has 0 heterocycles. The summed E-state index contributed by atoms with van der Waals surface area (Å²) in [5.74, 6) is 5.04. The van der Waals surface area contributed by atoms with Gasteiger partial charge in [0.25, 0.3) is 0 Å². The van der Waals surface area contributed by atoms with Crippen molar-refractivity contribution in [2.45, 2.75) is 6.17 Å². The smallest absolute Gasteiger partial charge is 0.0951 e. The van der Waals surface area contributed by atoms with Crippen molar-refractivity contribution in [2.75, 3.05) is 13.6 Å². The molecule has 1 atom stereocenters. The van der Waals surface area contributed by atoms with E-state index < -0.39 is 0 Å². The molecule has 5 nitrogen and oxygen atoms in total. The first-order valence-corrected chi connectivity index (χ1v) is 2.43. The monoisotopic (exact) mass is 119 g/mol. The molecule has 0 aliphatic carbocycles. The van der Waals surface area contributed by atoms with E-state index in [0.29, 0.717) is 6.54 Å². The number of nitrogens with one attached hydrogen (secondary N) is 3. The summed E-state index contributed by atoms with van der Waals surface area (Å²) in [6.45, 7) is 0.456. The Balaban J connectivity index is 3.07. The predicted octanol–water partition coefficient (Wildman–Crippen LogP) is -2.54. The van der Waals surface area contributed by atoms with Gasteiger partial charge in [0.15, 0.2) is 0 Å². The molecule has 0 saturated heterocycles. The SMILES string of the molecule is CNNC(CN)NN. The third-order valence-corrected chi connectivity index (χ3v) is 0.755. The van der Waals surface area contributed by atoms with Crippen LogP contribution in [0.2, 0.25) is 0 Å². The maximum Gasteiger partial charge on any atom is 0.0951 e. The summed E-state index contributed by atoms with van der Waals surface area (Å²) < 4.78 is 0. The van der Waals surface area contributed by atoms with E-state index in [0.717, 1.165) is 0 Å². The van der Waals surface area contributed by atoms with Gasteiger partial charge in [-0.2, -0.15) is 0 Å². The van der Waals surface area contributed by atoms with Crippen LogP contribution in [0.25, 0.3) is 0 Å². The molecule has 7 N–H and O–H groups in total. The number of hydrazine groups is 2. The fourth-order valence-corrected chi connectivity index (χ4v) is 0.343. The minimum atomic E-state index is -0.0556. The van der Waals surface area contributed by atoms with Crippen LogP contribution in [-0.2, 0) is 0 Å². The van der Waals surface area contributed by atoms with Crippen molar-refractivity contribution in [3.8, 4) is 0 Å². The van der Waals surface area contributed by atoms with E-state index in [1.165, 1.54) is 0 Å². The molecule has 0 bridgehead atoms. The van der Waals surface area contributed by atoms with Crippen LogP contribution in [0.15, 0.2) is 0 Å². The molecule has 0 saturated carbocycles. The minimum absolute atomic E-state index is 0.0556. The molecule has 0 radical (unpaired) electrons. The highest BCUT2D eigenvalue weighted by molar-refractivity contribution is 4.54. The zero-order chi connectivity index (χ0) is 6.41. The van der Waals surface area contributed by atoms with E-state index in [1.807, 2.05) is 0 Å². The average Bonchev–Trinajstić information content (AvgIpc) is 1.83. The molecule has 0 aromatic rings. The summed E-state index contributed by atoms with van der Waals surface area (Å²) in [6.07, 6.45) is -0.0556. The van der Waals surface area contributed by atoms with Crippen molar-refractivity contribution < 1.29 is 0 Å².